The molecule has 5 heteroatoms. The van der Waals surface area contributed by atoms with E-state index in [1.807, 2.05) is 13.0 Å². The predicted octanol–water partition coefficient (Wildman–Crippen LogP) is 1.13. The van der Waals surface area contributed by atoms with E-state index in [0.717, 1.165) is 6.42 Å². The topological polar surface area (TPSA) is 54.0 Å². The number of hydrogen-bond acceptors (Lipinski definition) is 5. The summed E-state index contributed by atoms with van der Waals surface area (Å²) < 4.78 is 20.0. The molecule has 0 radical (unpaired) electrons. The van der Waals surface area contributed by atoms with Crippen molar-refractivity contribution in [1.82, 2.24) is 0 Å². The Morgan fingerprint density at radius 2 is 1.62 bits per heavy atom. The van der Waals surface area contributed by atoms with E-state index in [1.54, 1.807) is 6.08 Å². The predicted molar refractivity (Wildman–Crippen MR) is 59.0 cm³/mol. The highest BCUT2D eigenvalue weighted by atomic mass is 16.7. The molecule has 0 heterocycles. The normalized spacial score (nSPS) is 15.2. The van der Waals surface area contributed by atoms with Crippen molar-refractivity contribution < 1.29 is 23.7 Å². The van der Waals surface area contributed by atoms with Gasteiger partial charge in [0, 0.05) is 14.2 Å². The lowest BCUT2D eigenvalue weighted by atomic mass is 10.2. The molecule has 0 spiro atoms. The molecule has 0 saturated carbocycles. The van der Waals surface area contributed by atoms with Gasteiger partial charge in [-0.25, -0.2) is 0 Å². The summed E-state index contributed by atoms with van der Waals surface area (Å²) in [7, 11) is 3.02. The average molecular weight is 232 g/mol. The van der Waals surface area contributed by atoms with Crippen LogP contribution in [0.5, 0.6) is 0 Å². The zero-order chi connectivity index (χ0) is 12.2. The van der Waals surface area contributed by atoms with E-state index < -0.39 is 12.2 Å². The lowest BCUT2D eigenvalue weighted by molar-refractivity contribution is -0.153. The number of carbonyl (C=O) groups is 1. The first-order valence-electron chi connectivity index (χ1n) is 5.13. The van der Waals surface area contributed by atoms with Gasteiger partial charge in [-0.1, -0.05) is 19.1 Å². The summed E-state index contributed by atoms with van der Waals surface area (Å²) in [6, 6.07) is 0. The molecule has 0 N–H and O–H groups in total. The van der Waals surface area contributed by atoms with Gasteiger partial charge in [0.05, 0.1) is 0 Å². The third-order valence-corrected chi connectivity index (χ3v) is 1.78. The van der Waals surface area contributed by atoms with Crippen LogP contribution in [0.25, 0.3) is 0 Å². The fourth-order valence-corrected chi connectivity index (χ4v) is 1.03. The number of hydrogen-bond donors (Lipinski definition) is 0. The van der Waals surface area contributed by atoms with Crippen LogP contribution in [-0.2, 0) is 23.7 Å². The summed E-state index contributed by atoms with van der Waals surface area (Å²) in [6.07, 6.45) is 4.12. The van der Waals surface area contributed by atoms with Gasteiger partial charge in [-0.05, 0) is 6.42 Å². The third-order valence-electron chi connectivity index (χ3n) is 1.78. The summed E-state index contributed by atoms with van der Waals surface area (Å²) in [6.45, 7) is 2.16. The fraction of sp³-hybridized carbons (Fsp3) is 0.727. The van der Waals surface area contributed by atoms with Gasteiger partial charge in [-0.3, -0.25) is 0 Å². The van der Waals surface area contributed by atoms with Crippen LogP contribution in [0.15, 0.2) is 12.2 Å². The Morgan fingerprint density at radius 3 is 2.06 bits per heavy atom. The number of methoxy groups -OCH3 is 2. The minimum Gasteiger partial charge on any atom is -0.359 e. The first kappa shape index (κ1) is 15.2. The fourth-order valence-electron chi connectivity index (χ4n) is 1.03. The van der Waals surface area contributed by atoms with Gasteiger partial charge < -0.3 is 23.7 Å². The van der Waals surface area contributed by atoms with Crippen molar-refractivity contribution in [1.29, 1.82) is 0 Å². The molecule has 94 valence electrons. The molecule has 2 atom stereocenters. The van der Waals surface area contributed by atoms with Crippen LogP contribution >= 0.6 is 0 Å². The van der Waals surface area contributed by atoms with Crippen LogP contribution in [0, 0.1) is 0 Å². The van der Waals surface area contributed by atoms with Gasteiger partial charge in [0.25, 0.3) is 0 Å². The van der Waals surface area contributed by atoms with E-state index in [-0.39, 0.29) is 13.6 Å². The monoisotopic (exact) mass is 232 g/mol. The van der Waals surface area contributed by atoms with Gasteiger partial charge in [0.1, 0.15) is 25.8 Å². The first-order valence-corrected chi connectivity index (χ1v) is 5.13. The molecule has 0 rings (SSSR count). The molecule has 5 nitrogen and oxygen atoms in total. The van der Waals surface area contributed by atoms with Crippen molar-refractivity contribution in [2.45, 2.75) is 25.6 Å². The van der Waals surface area contributed by atoms with Crippen LogP contribution in [0.4, 0.5) is 0 Å². The van der Waals surface area contributed by atoms with Crippen LogP contribution in [0.3, 0.4) is 0 Å². The zero-order valence-electron chi connectivity index (χ0n) is 10.0. The van der Waals surface area contributed by atoms with E-state index in [0.29, 0.717) is 6.29 Å². The van der Waals surface area contributed by atoms with Crippen molar-refractivity contribution >= 4 is 6.29 Å². The zero-order valence-corrected chi connectivity index (χ0v) is 10.0. The van der Waals surface area contributed by atoms with Crippen molar-refractivity contribution in [3.63, 3.8) is 0 Å². The summed E-state index contributed by atoms with van der Waals surface area (Å²) in [5, 5.41) is 0. The van der Waals surface area contributed by atoms with E-state index in [1.165, 1.54) is 14.2 Å². The molecule has 0 aliphatic rings. The molecular weight excluding hydrogens is 212 g/mol. The Labute approximate surface area is 96.3 Å². The third kappa shape index (κ3) is 6.68. The second-order valence-electron chi connectivity index (χ2n) is 3.05. The number of ether oxygens (including phenoxy) is 4. The summed E-state index contributed by atoms with van der Waals surface area (Å²) in [5.41, 5.74) is 0. The van der Waals surface area contributed by atoms with E-state index in [9.17, 15) is 4.79 Å². The van der Waals surface area contributed by atoms with Crippen LogP contribution in [0.1, 0.15) is 13.3 Å². The smallest absolute Gasteiger partial charge is 0.151 e. The van der Waals surface area contributed by atoms with Gasteiger partial charge >= 0.3 is 0 Å². The first-order chi connectivity index (χ1) is 7.79. The lowest BCUT2D eigenvalue weighted by Crippen LogP contribution is -2.32. The van der Waals surface area contributed by atoms with Crippen molar-refractivity contribution in [2.24, 2.45) is 0 Å². The Kier molecular flexibility index (Phi) is 10.3. The maximum Gasteiger partial charge on any atom is 0.151 e. The number of aldehydes is 1. The summed E-state index contributed by atoms with van der Waals surface area (Å²) >= 11 is 0. The number of carbonyl (C=O) groups excluding carboxylic acids is 1. The van der Waals surface area contributed by atoms with E-state index in [2.05, 4.69) is 0 Å². The molecular formula is C11H20O5. The molecule has 0 aliphatic heterocycles. The Morgan fingerprint density at radius 1 is 1.06 bits per heavy atom. The van der Waals surface area contributed by atoms with Gasteiger partial charge in [0.2, 0.25) is 0 Å². The minimum atomic E-state index is -0.683. The highest BCUT2D eigenvalue weighted by Crippen LogP contribution is 2.05. The largest absolute Gasteiger partial charge is 0.359 e. The van der Waals surface area contributed by atoms with Gasteiger partial charge in [-0.15, -0.1) is 0 Å². The van der Waals surface area contributed by atoms with Crippen molar-refractivity contribution in [3.05, 3.63) is 12.2 Å². The maximum atomic E-state index is 10.8. The number of allylic oxidation sites excluding steroid dienone is 1. The Balaban J connectivity index is 4.29. The molecule has 0 aromatic heterocycles. The van der Waals surface area contributed by atoms with Crippen LogP contribution in [-0.4, -0.2) is 46.3 Å². The average Bonchev–Trinajstić information content (AvgIpc) is 2.32. The highest BCUT2D eigenvalue weighted by Gasteiger charge is 2.19. The second-order valence-corrected chi connectivity index (χ2v) is 3.05. The Hall–Kier alpha value is -0.750. The molecule has 0 aliphatic carbocycles. The van der Waals surface area contributed by atoms with Crippen LogP contribution in [0.2, 0.25) is 0 Å². The van der Waals surface area contributed by atoms with Crippen LogP contribution < -0.4 is 0 Å². The SMILES string of the molecule is CC/C=C\[C@H](OCOC)[C@@H](C=O)OCOC. The van der Waals surface area contributed by atoms with E-state index >= 15 is 0 Å². The van der Waals surface area contributed by atoms with Gasteiger partial charge in [-0.2, -0.15) is 0 Å². The molecule has 0 bridgehead atoms. The molecule has 0 saturated heterocycles. The maximum absolute atomic E-state index is 10.8. The molecule has 0 amide bonds. The lowest BCUT2D eigenvalue weighted by Gasteiger charge is -2.20. The van der Waals surface area contributed by atoms with Crippen molar-refractivity contribution in [2.75, 3.05) is 27.8 Å². The van der Waals surface area contributed by atoms with Gasteiger partial charge in [0.15, 0.2) is 6.29 Å². The summed E-state index contributed by atoms with van der Waals surface area (Å²) in [4.78, 5) is 10.8. The number of rotatable bonds is 10. The van der Waals surface area contributed by atoms with E-state index in [4.69, 9.17) is 18.9 Å². The molecule has 0 unspecified atom stereocenters. The van der Waals surface area contributed by atoms with Crippen molar-refractivity contribution in [3.8, 4) is 0 Å². The quantitative estimate of drug-likeness (QED) is 0.321. The molecule has 16 heavy (non-hydrogen) atoms. The summed E-state index contributed by atoms with van der Waals surface area (Å²) in [5.74, 6) is 0. The second kappa shape index (κ2) is 10.8. The standard InChI is InChI=1S/C11H20O5/c1-4-5-6-10(15-8-13-2)11(7-12)16-9-14-3/h5-7,10-11H,4,8-9H2,1-3H3/b6-5-/t10-,11+/m0/s1. The minimum absolute atomic E-state index is 0.0518. The molecule has 0 aromatic rings. The Bertz CT molecular complexity index is 193. The molecule has 0 fully saturated rings. The highest BCUT2D eigenvalue weighted by molar-refractivity contribution is 5.57. The molecule has 0 aromatic carbocycles.